The smallest absolute Gasteiger partial charge is 0.269 e. The molecular formula is C14H14N4O3. The lowest BCUT2D eigenvalue weighted by Gasteiger charge is -2.07. The van der Waals surface area contributed by atoms with E-state index in [9.17, 15) is 10.1 Å². The molecule has 7 heteroatoms. The molecule has 0 atom stereocenters. The number of aryl methyl sites for hydroxylation is 1. The summed E-state index contributed by atoms with van der Waals surface area (Å²) in [6, 6.07) is 9.27. The minimum Gasteiger partial charge on any atom is -0.495 e. The summed E-state index contributed by atoms with van der Waals surface area (Å²) in [5.41, 5.74) is 8.35. The molecule has 0 heterocycles. The Balaban J connectivity index is 2.26. The Labute approximate surface area is 121 Å². The summed E-state index contributed by atoms with van der Waals surface area (Å²) >= 11 is 0. The summed E-state index contributed by atoms with van der Waals surface area (Å²) in [6.45, 7) is 1.86. The fourth-order valence-electron chi connectivity index (χ4n) is 1.74. The van der Waals surface area contributed by atoms with E-state index in [1.54, 1.807) is 12.1 Å². The van der Waals surface area contributed by atoms with Gasteiger partial charge in [-0.1, -0.05) is 0 Å². The van der Waals surface area contributed by atoms with Crippen LogP contribution in [0.25, 0.3) is 0 Å². The van der Waals surface area contributed by atoms with Crippen molar-refractivity contribution in [2.45, 2.75) is 6.92 Å². The number of hydrogen-bond donors (Lipinski definition) is 1. The van der Waals surface area contributed by atoms with Crippen molar-refractivity contribution in [3.8, 4) is 5.75 Å². The van der Waals surface area contributed by atoms with Gasteiger partial charge in [0.25, 0.3) is 5.69 Å². The maximum absolute atomic E-state index is 10.6. The summed E-state index contributed by atoms with van der Waals surface area (Å²) < 4.78 is 5.13. The molecule has 21 heavy (non-hydrogen) atoms. The molecule has 108 valence electrons. The fraction of sp³-hybridized carbons (Fsp3) is 0.143. The van der Waals surface area contributed by atoms with Crippen LogP contribution in [0, 0.1) is 17.0 Å². The quantitative estimate of drug-likeness (QED) is 0.398. The van der Waals surface area contributed by atoms with Gasteiger partial charge in [0.15, 0.2) is 0 Å². The summed E-state index contributed by atoms with van der Waals surface area (Å²) in [6.07, 6.45) is 0. The molecule has 0 spiro atoms. The van der Waals surface area contributed by atoms with Crippen LogP contribution in [0.5, 0.6) is 5.75 Å². The van der Waals surface area contributed by atoms with Gasteiger partial charge in [0.1, 0.15) is 5.75 Å². The molecule has 0 aliphatic heterocycles. The molecule has 0 unspecified atom stereocenters. The molecule has 2 aromatic carbocycles. The van der Waals surface area contributed by atoms with E-state index in [1.807, 2.05) is 6.92 Å². The number of non-ortho nitro benzene ring substituents is 1. The number of nitrogens with two attached hydrogens (primary N) is 1. The van der Waals surface area contributed by atoms with E-state index < -0.39 is 4.92 Å². The third kappa shape index (κ3) is 3.33. The number of nitro benzene ring substituents is 1. The van der Waals surface area contributed by atoms with Gasteiger partial charge in [-0.2, -0.15) is 10.2 Å². The van der Waals surface area contributed by atoms with Gasteiger partial charge < -0.3 is 10.5 Å². The van der Waals surface area contributed by atoms with Crippen molar-refractivity contribution in [2.24, 2.45) is 10.2 Å². The predicted octanol–water partition coefficient (Wildman–Crippen LogP) is 3.91. The van der Waals surface area contributed by atoms with Gasteiger partial charge in [0.05, 0.1) is 29.1 Å². The maximum atomic E-state index is 10.6. The van der Waals surface area contributed by atoms with Crippen LogP contribution in [0.15, 0.2) is 46.6 Å². The summed E-state index contributed by atoms with van der Waals surface area (Å²) in [4.78, 5) is 10.1. The van der Waals surface area contributed by atoms with E-state index >= 15 is 0 Å². The van der Waals surface area contributed by atoms with Crippen LogP contribution in [-0.4, -0.2) is 12.0 Å². The first-order valence-electron chi connectivity index (χ1n) is 6.11. The summed E-state index contributed by atoms with van der Waals surface area (Å²) in [5, 5.41) is 18.7. The molecule has 0 saturated heterocycles. The first-order valence-corrected chi connectivity index (χ1v) is 6.11. The van der Waals surface area contributed by atoms with Crippen LogP contribution in [0.3, 0.4) is 0 Å². The van der Waals surface area contributed by atoms with Gasteiger partial charge in [0, 0.05) is 18.2 Å². The van der Waals surface area contributed by atoms with E-state index in [2.05, 4.69) is 10.2 Å². The highest BCUT2D eigenvalue weighted by Crippen LogP contribution is 2.31. The van der Waals surface area contributed by atoms with Crippen molar-refractivity contribution >= 4 is 22.7 Å². The molecular weight excluding hydrogens is 272 g/mol. The molecule has 0 radical (unpaired) electrons. The Bertz CT molecular complexity index is 696. The van der Waals surface area contributed by atoms with Crippen molar-refractivity contribution in [1.82, 2.24) is 0 Å². The van der Waals surface area contributed by atoms with Crippen molar-refractivity contribution < 1.29 is 9.66 Å². The van der Waals surface area contributed by atoms with Gasteiger partial charge in [-0.05, 0) is 30.7 Å². The van der Waals surface area contributed by atoms with E-state index in [4.69, 9.17) is 10.5 Å². The molecule has 0 aliphatic rings. The van der Waals surface area contributed by atoms with E-state index in [-0.39, 0.29) is 5.69 Å². The van der Waals surface area contributed by atoms with E-state index in [0.29, 0.717) is 22.8 Å². The summed E-state index contributed by atoms with van der Waals surface area (Å²) in [5.74, 6) is 0.526. The van der Waals surface area contributed by atoms with Gasteiger partial charge in [0.2, 0.25) is 0 Å². The van der Waals surface area contributed by atoms with Crippen LogP contribution in [0.1, 0.15) is 5.56 Å². The highest BCUT2D eigenvalue weighted by atomic mass is 16.6. The molecule has 7 nitrogen and oxygen atoms in total. The van der Waals surface area contributed by atoms with Crippen molar-refractivity contribution in [1.29, 1.82) is 0 Å². The van der Waals surface area contributed by atoms with Crippen LogP contribution in [0.2, 0.25) is 0 Å². The zero-order chi connectivity index (χ0) is 15.4. The average Bonchev–Trinajstić information content (AvgIpc) is 2.47. The standard InChI is InChI=1S/C14H14N4O3/c1-9-7-12(15)14(21-2)8-13(9)17-16-10-3-5-11(6-4-10)18(19)20/h3-8H,15H2,1-2H3. The number of anilines is 1. The third-order valence-electron chi connectivity index (χ3n) is 2.88. The van der Waals surface area contributed by atoms with Gasteiger partial charge >= 0.3 is 0 Å². The summed E-state index contributed by atoms with van der Waals surface area (Å²) in [7, 11) is 1.53. The Morgan fingerprint density at radius 2 is 1.86 bits per heavy atom. The number of methoxy groups -OCH3 is 1. The molecule has 0 saturated carbocycles. The molecule has 0 fully saturated rings. The lowest BCUT2D eigenvalue weighted by Crippen LogP contribution is -1.92. The SMILES string of the molecule is COc1cc(N=Nc2ccc([N+](=O)[O-])cc2)c(C)cc1N. The molecule has 0 aromatic heterocycles. The zero-order valence-electron chi connectivity index (χ0n) is 11.6. The molecule has 0 bridgehead atoms. The first-order chi connectivity index (χ1) is 10.0. The molecule has 0 aliphatic carbocycles. The highest BCUT2D eigenvalue weighted by molar-refractivity contribution is 5.63. The Kier molecular flexibility index (Phi) is 4.13. The predicted molar refractivity (Wildman–Crippen MR) is 79.4 cm³/mol. The monoisotopic (exact) mass is 286 g/mol. The largest absolute Gasteiger partial charge is 0.495 e. The zero-order valence-corrected chi connectivity index (χ0v) is 11.6. The van der Waals surface area contributed by atoms with Gasteiger partial charge in [-0.15, -0.1) is 0 Å². The van der Waals surface area contributed by atoms with Crippen LogP contribution in [-0.2, 0) is 0 Å². The number of hydrogen-bond acceptors (Lipinski definition) is 6. The van der Waals surface area contributed by atoms with Crippen LogP contribution in [0.4, 0.5) is 22.7 Å². The Hall–Kier alpha value is -2.96. The Morgan fingerprint density at radius 3 is 2.43 bits per heavy atom. The number of nitrogens with zero attached hydrogens (tertiary/aromatic N) is 3. The fourth-order valence-corrected chi connectivity index (χ4v) is 1.74. The van der Waals surface area contributed by atoms with Crippen molar-refractivity contribution in [2.75, 3.05) is 12.8 Å². The van der Waals surface area contributed by atoms with Gasteiger partial charge in [-0.3, -0.25) is 10.1 Å². The van der Waals surface area contributed by atoms with Crippen LogP contribution >= 0.6 is 0 Å². The number of nitrogen functional groups attached to an aromatic ring is 1. The highest BCUT2D eigenvalue weighted by Gasteiger charge is 2.06. The van der Waals surface area contributed by atoms with E-state index in [0.717, 1.165) is 5.56 Å². The number of benzene rings is 2. The minimum atomic E-state index is -0.462. The second-order valence-electron chi connectivity index (χ2n) is 4.35. The lowest BCUT2D eigenvalue weighted by atomic mass is 10.1. The van der Waals surface area contributed by atoms with Crippen molar-refractivity contribution in [3.05, 3.63) is 52.1 Å². The van der Waals surface area contributed by atoms with Crippen LogP contribution < -0.4 is 10.5 Å². The topological polar surface area (TPSA) is 103 Å². The lowest BCUT2D eigenvalue weighted by molar-refractivity contribution is -0.384. The molecule has 0 amide bonds. The van der Waals surface area contributed by atoms with Gasteiger partial charge in [-0.25, -0.2) is 0 Å². The Morgan fingerprint density at radius 1 is 1.19 bits per heavy atom. The molecule has 2 aromatic rings. The first kappa shape index (κ1) is 14.4. The number of azo groups is 1. The number of rotatable bonds is 4. The second-order valence-corrected chi connectivity index (χ2v) is 4.35. The third-order valence-corrected chi connectivity index (χ3v) is 2.88. The van der Waals surface area contributed by atoms with Crippen molar-refractivity contribution in [3.63, 3.8) is 0 Å². The molecule has 2 rings (SSSR count). The average molecular weight is 286 g/mol. The maximum Gasteiger partial charge on any atom is 0.269 e. The molecule has 2 N–H and O–H groups in total. The van der Waals surface area contributed by atoms with E-state index in [1.165, 1.54) is 31.4 Å². The minimum absolute atomic E-state index is 0.0132. The normalized spacial score (nSPS) is 10.8. The number of ether oxygens (including phenoxy) is 1. The number of nitro groups is 1. The second kappa shape index (κ2) is 6.00.